The van der Waals surface area contributed by atoms with E-state index in [4.69, 9.17) is 18.0 Å². The quantitative estimate of drug-likeness (QED) is 0.299. The molecular formula is C40H66O3. The predicted molar refractivity (Wildman–Crippen MR) is 196 cm³/mol. The fourth-order valence-electron chi connectivity index (χ4n) is 2.79. The summed E-state index contributed by atoms with van der Waals surface area (Å²) in [5.74, 6) is 5.84. The molecule has 3 aromatic carbocycles. The Morgan fingerprint density at radius 3 is 1.16 bits per heavy atom. The summed E-state index contributed by atoms with van der Waals surface area (Å²) in [7, 11) is 7.50. The lowest BCUT2D eigenvalue weighted by Crippen LogP contribution is -1.94. The summed E-state index contributed by atoms with van der Waals surface area (Å²) in [6, 6.07) is 30.9. The highest BCUT2D eigenvalue weighted by molar-refractivity contribution is 5.21. The van der Waals surface area contributed by atoms with Gasteiger partial charge in [-0.1, -0.05) is 146 Å². The van der Waals surface area contributed by atoms with E-state index in [2.05, 4.69) is 83.7 Å². The van der Waals surface area contributed by atoms with Gasteiger partial charge in [0.25, 0.3) is 0 Å². The van der Waals surface area contributed by atoms with Gasteiger partial charge in [0, 0.05) is 48.4 Å². The van der Waals surface area contributed by atoms with E-state index in [1.54, 1.807) is 28.4 Å². The average Bonchev–Trinajstić information content (AvgIpc) is 3.10. The van der Waals surface area contributed by atoms with E-state index in [1.807, 2.05) is 84.0 Å². The van der Waals surface area contributed by atoms with Crippen molar-refractivity contribution in [2.45, 2.75) is 87.0 Å². The summed E-state index contributed by atoms with van der Waals surface area (Å²) >= 11 is 0. The van der Waals surface area contributed by atoms with Crippen LogP contribution in [0.4, 0.5) is 0 Å². The summed E-state index contributed by atoms with van der Waals surface area (Å²) < 4.78 is 8.50. The van der Waals surface area contributed by atoms with Gasteiger partial charge in [-0.25, -0.2) is 0 Å². The Balaban J connectivity index is -0.0000000997. The van der Waals surface area contributed by atoms with Crippen LogP contribution in [-0.4, -0.2) is 40.7 Å². The average molecular weight is 595 g/mol. The van der Waals surface area contributed by atoms with Crippen LogP contribution < -0.4 is 0 Å². The van der Waals surface area contributed by atoms with Crippen LogP contribution in [0.3, 0.4) is 0 Å². The monoisotopic (exact) mass is 595 g/mol. The maximum absolute atomic E-state index is 7.00. The van der Waals surface area contributed by atoms with Gasteiger partial charge in [-0.2, -0.15) is 0 Å². The lowest BCUT2D eigenvalue weighted by atomic mass is 9.94. The second-order valence-electron chi connectivity index (χ2n) is 7.45. The number of aryl methyl sites for hydroxylation is 1. The molecule has 0 amide bonds. The number of benzene rings is 3. The Bertz CT molecular complexity index is 878. The minimum atomic E-state index is 0.538. The molecular weight excluding hydrogens is 528 g/mol. The minimum Gasteiger partial charge on any atom is -0.400 e. The molecule has 1 atom stereocenters. The van der Waals surface area contributed by atoms with E-state index in [0.717, 1.165) is 32.8 Å². The molecule has 0 saturated heterocycles. The van der Waals surface area contributed by atoms with Gasteiger partial charge >= 0.3 is 0 Å². The molecule has 3 rings (SSSR count). The summed E-state index contributed by atoms with van der Waals surface area (Å²) in [5, 5.41) is 7.00. The molecule has 43 heavy (non-hydrogen) atoms. The lowest BCUT2D eigenvalue weighted by Gasteiger charge is -2.10. The van der Waals surface area contributed by atoms with Crippen molar-refractivity contribution in [3.63, 3.8) is 0 Å². The topological polar surface area (TPSA) is 38.7 Å². The van der Waals surface area contributed by atoms with Crippen molar-refractivity contribution in [2.24, 2.45) is 0 Å². The number of methoxy groups -OCH3 is 2. The van der Waals surface area contributed by atoms with Gasteiger partial charge in [0.2, 0.25) is 0 Å². The van der Waals surface area contributed by atoms with Crippen LogP contribution in [0.15, 0.2) is 91.0 Å². The van der Waals surface area contributed by atoms with Crippen LogP contribution in [0.2, 0.25) is 0 Å². The maximum atomic E-state index is 7.00. The molecule has 0 aliphatic rings. The first-order valence-electron chi connectivity index (χ1n) is 15.3. The molecule has 1 N–H and O–H groups in total. The molecule has 0 radical (unpaired) electrons. The van der Waals surface area contributed by atoms with Crippen LogP contribution in [-0.2, 0) is 22.3 Å². The fraction of sp³-hybridized carbons (Fsp3) is 0.450. The molecule has 0 heterocycles. The minimum absolute atomic E-state index is 0.538. The Morgan fingerprint density at radius 1 is 0.581 bits per heavy atom. The van der Waals surface area contributed by atoms with E-state index in [9.17, 15) is 0 Å². The summed E-state index contributed by atoms with van der Waals surface area (Å²) in [6.07, 6.45) is 14.2. The van der Waals surface area contributed by atoms with Crippen molar-refractivity contribution < 1.29 is 14.6 Å². The Labute approximate surface area is 269 Å². The number of rotatable bonds is 5. The third kappa shape index (κ3) is 43.3. The van der Waals surface area contributed by atoms with Gasteiger partial charge in [-0.15, -0.1) is 24.7 Å². The van der Waals surface area contributed by atoms with Crippen LogP contribution in [0.5, 0.6) is 0 Å². The number of ether oxygens (including phenoxy) is 2. The van der Waals surface area contributed by atoms with Crippen LogP contribution in [0.1, 0.15) is 90.8 Å². The van der Waals surface area contributed by atoms with Gasteiger partial charge in [0.05, 0.1) is 0 Å². The largest absolute Gasteiger partial charge is 0.400 e. The maximum Gasteiger partial charge on any atom is 0.0351 e. The molecule has 0 aliphatic carbocycles. The Kier molecular flexibility index (Phi) is 66.6. The van der Waals surface area contributed by atoms with Crippen molar-refractivity contribution in [1.29, 1.82) is 0 Å². The van der Waals surface area contributed by atoms with E-state index in [1.165, 1.54) is 16.7 Å². The second kappa shape index (κ2) is 54.7. The van der Waals surface area contributed by atoms with Crippen molar-refractivity contribution in [3.05, 3.63) is 108 Å². The van der Waals surface area contributed by atoms with Crippen molar-refractivity contribution in [1.82, 2.24) is 0 Å². The van der Waals surface area contributed by atoms with E-state index < -0.39 is 0 Å². The van der Waals surface area contributed by atoms with E-state index in [0.29, 0.717) is 5.92 Å². The van der Waals surface area contributed by atoms with E-state index >= 15 is 0 Å². The molecule has 0 aromatic heterocycles. The summed E-state index contributed by atoms with van der Waals surface area (Å²) in [4.78, 5) is 0. The molecule has 0 spiro atoms. The number of aliphatic hydroxyl groups is 1. The van der Waals surface area contributed by atoms with Crippen LogP contribution in [0.25, 0.3) is 0 Å². The smallest absolute Gasteiger partial charge is 0.0351 e. The molecule has 3 nitrogen and oxygen atoms in total. The van der Waals surface area contributed by atoms with Crippen LogP contribution >= 0.6 is 0 Å². The highest BCUT2D eigenvalue weighted by atomic mass is 16.5. The molecule has 0 bridgehead atoms. The van der Waals surface area contributed by atoms with Crippen molar-refractivity contribution in [2.75, 3.05) is 35.5 Å². The SMILES string of the molecule is C#CCC(CC)c1ccccc1.C#CCc1ccccc1.CC.CC.CC.CCc1ccccc1.CO.COC.COC. The van der Waals surface area contributed by atoms with E-state index in [-0.39, 0.29) is 0 Å². The van der Waals surface area contributed by atoms with Gasteiger partial charge in [0.1, 0.15) is 0 Å². The zero-order valence-corrected chi connectivity index (χ0v) is 30.0. The second-order valence-corrected chi connectivity index (χ2v) is 7.45. The highest BCUT2D eigenvalue weighted by Crippen LogP contribution is 2.21. The number of hydrogen-bond donors (Lipinski definition) is 1. The highest BCUT2D eigenvalue weighted by Gasteiger charge is 2.05. The van der Waals surface area contributed by atoms with Gasteiger partial charge in [-0.3, -0.25) is 0 Å². The molecule has 3 aromatic rings. The van der Waals surface area contributed by atoms with Gasteiger partial charge in [0.15, 0.2) is 0 Å². The number of terminal acetylenes is 2. The third-order valence-electron chi connectivity index (χ3n) is 4.53. The van der Waals surface area contributed by atoms with Crippen LogP contribution in [0, 0.1) is 24.7 Å². The first kappa shape index (κ1) is 52.3. The number of hydrogen-bond acceptors (Lipinski definition) is 3. The molecule has 1 unspecified atom stereocenters. The molecule has 0 saturated carbocycles. The first-order valence-corrected chi connectivity index (χ1v) is 15.3. The predicted octanol–water partition coefficient (Wildman–Crippen LogP) is 10.5. The summed E-state index contributed by atoms with van der Waals surface area (Å²) in [6.45, 7) is 16.3. The summed E-state index contributed by atoms with van der Waals surface area (Å²) in [5.41, 5.74) is 3.98. The fourth-order valence-corrected chi connectivity index (χ4v) is 2.79. The van der Waals surface area contributed by atoms with Gasteiger partial charge in [-0.05, 0) is 35.4 Å². The van der Waals surface area contributed by atoms with Gasteiger partial charge < -0.3 is 14.6 Å². The van der Waals surface area contributed by atoms with Crippen molar-refractivity contribution >= 4 is 0 Å². The molecule has 244 valence electrons. The zero-order chi connectivity index (χ0) is 34.6. The molecule has 0 fully saturated rings. The standard InChI is InChI=1S/C12H14.C9H8.C8H10.2C2H6O.3C2H6.CH4O/c1-3-8-11(4-2)12-9-6-5-7-10-12;1-2-6-9-7-4-3-5-8-9;1-2-8-6-4-3-5-7-8;2*1-3-2;4*1-2/h1,5-7,9-11H,4,8H2,2H3;1,3-5,7-8H,6H2;3-7H,2H2,1H3;2*1-2H3;3*1-2H3;2H,1H3. The Hall–Kier alpha value is -3.34. The Morgan fingerprint density at radius 2 is 0.907 bits per heavy atom. The number of aliphatic hydroxyl groups excluding tert-OH is 1. The normalized spacial score (nSPS) is 8.19. The lowest BCUT2D eigenvalue weighted by molar-refractivity contribution is 0.277. The molecule has 0 aliphatic heterocycles. The third-order valence-corrected chi connectivity index (χ3v) is 4.53. The molecule has 3 heteroatoms. The zero-order valence-electron chi connectivity index (χ0n) is 30.0. The first-order chi connectivity index (χ1) is 21.1. The van der Waals surface area contributed by atoms with Crippen molar-refractivity contribution in [3.8, 4) is 24.7 Å².